The molecule has 0 spiro atoms. The first-order valence-corrected chi connectivity index (χ1v) is 4.75. The van der Waals surface area contributed by atoms with Crippen LogP contribution in [0.15, 0.2) is 24.3 Å². The van der Waals surface area contributed by atoms with Crippen LogP contribution in [0.3, 0.4) is 0 Å². The van der Waals surface area contributed by atoms with Crippen molar-refractivity contribution in [3.05, 3.63) is 29.8 Å². The number of carbonyl (C=O) groups is 1. The Hall–Kier alpha value is -1.26. The van der Waals surface area contributed by atoms with Gasteiger partial charge in [0.05, 0.1) is 20.1 Å². The van der Waals surface area contributed by atoms with Gasteiger partial charge in [0.2, 0.25) is 0 Å². The minimum Gasteiger partial charge on any atom is -0.493 e. The molecule has 0 saturated heterocycles. The largest absolute Gasteiger partial charge is 0.493 e. The molecular formula is C11H16ClNO3. The van der Waals surface area contributed by atoms with E-state index in [1.165, 1.54) is 7.11 Å². The van der Waals surface area contributed by atoms with Crippen molar-refractivity contribution < 1.29 is 14.3 Å². The van der Waals surface area contributed by atoms with Gasteiger partial charge in [-0.15, -0.1) is 12.4 Å². The van der Waals surface area contributed by atoms with Crippen LogP contribution in [0.5, 0.6) is 5.75 Å². The highest BCUT2D eigenvalue weighted by Gasteiger charge is 2.00. The van der Waals surface area contributed by atoms with Crippen molar-refractivity contribution in [2.24, 2.45) is 5.73 Å². The molecule has 4 nitrogen and oxygen atoms in total. The summed E-state index contributed by atoms with van der Waals surface area (Å²) in [6.07, 6.45) is 0.259. The Morgan fingerprint density at radius 3 is 2.44 bits per heavy atom. The van der Waals surface area contributed by atoms with Gasteiger partial charge in [0.15, 0.2) is 0 Å². The lowest BCUT2D eigenvalue weighted by Gasteiger charge is -2.05. The number of halogens is 1. The summed E-state index contributed by atoms with van der Waals surface area (Å²) in [4.78, 5) is 10.8. The summed E-state index contributed by atoms with van der Waals surface area (Å²) in [5.41, 5.74) is 6.51. The Kier molecular flexibility index (Phi) is 7.33. The van der Waals surface area contributed by atoms with E-state index in [0.717, 1.165) is 11.3 Å². The molecule has 1 aromatic carbocycles. The molecule has 1 rings (SSSR count). The number of rotatable bonds is 5. The van der Waals surface area contributed by atoms with E-state index in [-0.39, 0.29) is 24.8 Å². The molecule has 0 aliphatic rings. The van der Waals surface area contributed by atoms with Gasteiger partial charge in [-0.3, -0.25) is 4.79 Å². The molecule has 1 aromatic rings. The molecule has 0 radical (unpaired) electrons. The molecular weight excluding hydrogens is 230 g/mol. The topological polar surface area (TPSA) is 61.5 Å². The van der Waals surface area contributed by atoms with Crippen molar-refractivity contribution in [2.75, 3.05) is 13.7 Å². The van der Waals surface area contributed by atoms with Crippen LogP contribution in [-0.4, -0.2) is 19.7 Å². The maximum Gasteiger partial charge on any atom is 0.308 e. The summed E-state index contributed by atoms with van der Waals surface area (Å²) >= 11 is 0. The Labute approximate surface area is 101 Å². The standard InChI is InChI=1S/C11H15NO3.ClH/c1-14-11(13)6-7-15-10-4-2-9(8-12)3-5-10;/h2-5H,6-8,12H2,1H3;1H. The van der Waals surface area contributed by atoms with Crippen LogP contribution in [0.1, 0.15) is 12.0 Å². The predicted molar refractivity (Wildman–Crippen MR) is 63.7 cm³/mol. The lowest BCUT2D eigenvalue weighted by atomic mass is 10.2. The molecule has 0 aliphatic heterocycles. The molecule has 0 atom stereocenters. The summed E-state index contributed by atoms with van der Waals surface area (Å²) in [7, 11) is 1.36. The highest BCUT2D eigenvalue weighted by Crippen LogP contribution is 2.11. The summed E-state index contributed by atoms with van der Waals surface area (Å²) < 4.78 is 9.83. The normalized spacial score (nSPS) is 9.12. The number of carbonyl (C=O) groups excluding carboxylic acids is 1. The fourth-order valence-electron chi connectivity index (χ4n) is 1.08. The molecule has 16 heavy (non-hydrogen) atoms. The van der Waals surface area contributed by atoms with Crippen molar-refractivity contribution >= 4 is 18.4 Å². The van der Waals surface area contributed by atoms with Crippen LogP contribution >= 0.6 is 12.4 Å². The number of ether oxygens (including phenoxy) is 2. The van der Waals surface area contributed by atoms with Crippen LogP contribution in [0.2, 0.25) is 0 Å². The fraction of sp³-hybridized carbons (Fsp3) is 0.364. The second kappa shape index (κ2) is 7.96. The molecule has 0 heterocycles. The monoisotopic (exact) mass is 245 g/mol. The van der Waals surface area contributed by atoms with Gasteiger partial charge in [-0.05, 0) is 17.7 Å². The highest BCUT2D eigenvalue weighted by atomic mass is 35.5. The molecule has 0 aromatic heterocycles. The van der Waals surface area contributed by atoms with Gasteiger partial charge < -0.3 is 15.2 Å². The van der Waals surface area contributed by atoms with E-state index in [2.05, 4.69) is 4.74 Å². The number of nitrogens with two attached hydrogens (primary N) is 1. The summed E-state index contributed by atoms with van der Waals surface area (Å²) in [6, 6.07) is 7.46. The quantitative estimate of drug-likeness (QED) is 0.799. The third-order valence-corrected chi connectivity index (χ3v) is 1.96. The summed E-state index contributed by atoms with van der Waals surface area (Å²) in [5.74, 6) is 0.463. The van der Waals surface area contributed by atoms with Crippen LogP contribution in [0, 0.1) is 0 Å². The van der Waals surface area contributed by atoms with Crippen molar-refractivity contribution in [2.45, 2.75) is 13.0 Å². The first-order valence-electron chi connectivity index (χ1n) is 4.75. The third kappa shape index (κ3) is 5.00. The number of hydrogen-bond donors (Lipinski definition) is 1. The minimum absolute atomic E-state index is 0. The zero-order valence-corrected chi connectivity index (χ0v) is 9.96. The SMILES string of the molecule is COC(=O)CCOc1ccc(CN)cc1.Cl. The molecule has 0 bridgehead atoms. The Bertz CT molecular complexity index is 314. The molecule has 2 N–H and O–H groups in total. The number of benzene rings is 1. The van der Waals surface area contributed by atoms with Gasteiger partial charge >= 0.3 is 5.97 Å². The third-order valence-electron chi connectivity index (χ3n) is 1.96. The van der Waals surface area contributed by atoms with E-state index in [9.17, 15) is 4.79 Å². The Balaban J connectivity index is 0.00000225. The van der Waals surface area contributed by atoms with Gasteiger partial charge in [-0.2, -0.15) is 0 Å². The summed E-state index contributed by atoms with van der Waals surface area (Å²) in [5, 5.41) is 0. The van der Waals surface area contributed by atoms with Gasteiger partial charge in [0, 0.05) is 6.54 Å². The molecule has 0 aliphatic carbocycles. The molecule has 0 saturated carbocycles. The van der Waals surface area contributed by atoms with Crippen molar-refractivity contribution in [3.8, 4) is 5.75 Å². The average Bonchev–Trinajstić information content (AvgIpc) is 2.29. The van der Waals surface area contributed by atoms with Gasteiger partial charge in [-0.25, -0.2) is 0 Å². The molecule has 0 unspecified atom stereocenters. The maximum absolute atomic E-state index is 10.8. The van der Waals surface area contributed by atoms with Crippen LogP contribution in [-0.2, 0) is 16.1 Å². The highest BCUT2D eigenvalue weighted by molar-refractivity contribution is 5.85. The number of esters is 1. The van der Waals surface area contributed by atoms with Gasteiger partial charge in [0.25, 0.3) is 0 Å². The molecule has 5 heteroatoms. The second-order valence-electron chi connectivity index (χ2n) is 3.02. The number of methoxy groups -OCH3 is 1. The molecule has 90 valence electrons. The first kappa shape index (κ1) is 14.7. The number of hydrogen-bond acceptors (Lipinski definition) is 4. The maximum atomic E-state index is 10.8. The van der Waals surface area contributed by atoms with Crippen LogP contribution in [0.25, 0.3) is 0 Å². The van der Waals surface area contributed by atoms with Crippen molar-refractivity contribution in [1.82, 2.24) is 0 Å². The van der Waals surface area contributed by atoms with Gasteiger partial charge in [0.1, 0.15) is 5.75 Å². The second-order valence-corrected chi connectivity index (χ2v) is 3.02. The Morgan fingerprint density at radius 1 is 1.31 bits per heavy atom. The molecule has 0 fully saturated rings. The lowest BCUT2D eigenvalue weighted by Crippen LogP contribution is -2.07. The van der Waals surface area contributed by atoms with E-state index >= 15 is 0 Å². The van der Waals surface area contributed by atoms with E-state index in [4.69, 9.17) is 10.5 Å². The smallest absolute Gasteiger partial charge is 0.308 e. The van der Waals surface area contributed by atoms with E-state index in [1.54, 1.807) is 0 Å². The zero-order chi connectivity index (χ0) is 11.1. The predicted octanol–water partition coefficient (Wildman–Crippen LogP) is 1.51. The van der Waals surface area contributed by atoms with Gasteiger partial charge in [-0.1, -0.05) is 12.1 Å². The van der Waals surface area contributed by atoms with Crippen molar-refractivity contribution in [3.63, 3.8) is 0 Å². The van der Waals surface area contributed by atoms with E-state index < -0.39 is 0 Å². The first-order chi connectivity index (χ1) is 7.26. The Morgan fingerprint density at radius 2 is 1.94 bits per heavy atom. The molecule has 0 amide bonds. The minimum atomic E-state index is -0.270. The zero-order valence-electron chi connectivity index (χ0n) is 9.14. The fourth-order valence-corrected chi connectivity index (χ4v) is 1.08. The van der Waals surface area contributed by atoms with E-state index in [1.807, 2.05) is 24.3 Å². The average molecular weight is 246 g/mol. The van der Waals surface area contributed by atoms with Crippen LogP contribution in [0.4, 0.5) is 0 Å². The van der Waals surface area contributed by atoms with E-state index in [0.29, 0.717) is 13.2 Å². The van der Waals surface area contributed by atoms with Crippen LogP contribution < -0.4 is 10.5 Å². The van der Waals surface area contributed by atoms with Crippen molar-refractivity contribution in [1.29, 1.82) is 0 Å². The lowest BCUT2D eigenvalue weighted by molar-refractivity contribution is -0.141. The summed E-state index contributed by atoms with van der Waals surface area (Å²) in [6.45, 7) is 0.844.